The van der Waals surface area contributed by atoms with Crippen molar-refractivity contribution in [1.29, 1.82) is 0 Å². The van der Waals surface area contributed by atoms with Crippen LogP contribution in [0.4, 0.5) is 0 Å². The average Bonchev–Trinajstić information content (AvgIpc) is 2.67. The van der Waals surface area contributed by atoms with Crippen molar-refractivity contribution in [3.05, 3.63) is 46.8 Å². The number of rotatable bonds is 2. The fraction of sp³-hybridized carbons (Fsp3) is 0.231. The molecule has 0 aliphatic rings. The van der Waals surface area contributed by atoms with Gasteiger partial charge in [0.05, 0.1) is 11.4 Å². The third-order valence-corrected chi connectivity index (χ3v) is 2.84. The number of nitrogens with two attached hydrogens (primary N) is 1. The van der Waals surface area contributed by atoms with E-state index < -0.39 is 0 Å². The molecule has 0 bridgehead atoms. The second-order valence-corrected chi connectivity index (χ2v) is 4.30. The van der Waals surface area contributed by atoms with E-state index in [0.717, 1.165) is 22.6 Å². The zero-order chi connectivity index (χ0) is 13.3. The lowest BCUT2D eigenvalue weighted by molar-refractivity contribution is 0.318. The number of nitrogens with zero attached hydrogens (tertiary/aromatic N) is 3. The number of oxime groups is 1. The molecule has 0 aliphatic heterocycles. The second kappa shape index (κ2) is 4.52. The molecule has 0 atom stereocenters. The third-order valence-electron chi connectivity index (χ3n) is 2.84. The summed E-state index contributed by atoms with van der Waals surface area (Å²) in [5, 5.41) is 16.4. The molecule has 0 fully saturated rings. The Morgan fingerprint density at radius 3 is 2.61 bits per heavy atom. The first-order chi connectivity index (χ1) is 8.54. The minimum absolute atomic E-state index is 0.0845. The van der Waals surface area contributed by atoms with Crippen LogP contribution in [-0.4, -0.2) is 20.8 Å². The van der Waals surface area contributed by atoms with Crippen LogP contribution >= 0.6 is 0 Å². The van der Waals surface area contributed by atoms with Crippen molar-refractivity contribution >= 4 is 5.84 Å². The molecule has 5 nitrogen and oxygen atoms in total. The molecule has 0 unspecified atom stereocenters. The summed E-state index contributed by atoms with van der Waals surface area (Å²) in [6.45, 7) is 5.88. The maximum atomic E-state index is 8.86. The molecule has 2 aromatic rings. The van der Waals surface area contributed by atoms with E-state index in [4.69, 9.17) is 10.9 Å². The van der Waals surface area contributed by atoms with E-state index in [1.807, 2.05) is 49.7 Å². The van der Waals surface area contributed by atoms with Gasteiger partial charge in [0, 0.05) is 11.3 Å². The number of aromatic nitrogens is 2. The summed E-state index contributed by atoms with van der Waals surface area (Å²) in [6.07, 6.45) is 0. The monoisotopic (exact) mass is 244 g/mol. The van der Waals surface area contributed by atoms with Gasteiger partial charge in [0.25, 0.3) is 0 Å². The molecule has 0 radical (unpaired) electrons. The highest BCUT2D eigenvalue weighted by atomic mass is 16.4. The number of hydrogen-bond donors (Lipinski definition) is 2. The first kappa shape index (κ1) is 12.2. The smallest absolute Gasteiger partial charge is 0.172 e. The van der Waals surface area contributed by atoms with Crippen molar-refractivity contribution in [3.63, 3.8) is 0 Å². The van der Waals surface area contributed by atoms with Gasteiger partial charge < -0.3 is 10.9 Å². The molecular formula is C13H16N4O. The number of benzene rings is 1. The molecule has 0 spiro atoms. The topological polar surface area (TPSA) is 76.4 Å². The Morgan fingerprint density at radius 1 is 1.33 bits per heavy atom. The summed E-state index contributed by atoms with van der Waals surface area (Å²) in [7, 11) is 0. The Morgan fingerprint density at radius 2 is 2.06 bits per heavy atom. The normalized spacial score (nSPS) is 11.8. The van der Waals surface area contributed by atoms with Gasteiger partial charge >= 0.3 is 0 Å². The molecule has 0 saturated heterocycles. The molecule has 5 heteroatoms. The van der Waals surface area contributed by atoms with Gasteiger partial charge in [-0.3, -0.25) is 0 Å². The van der Waals surface area contributed by atoms with E-state index in [1.165, 1.54) is 0 Å². The van der Waals surface area contributed by atoms with E-state index in [2.05, 4.69) is 10.3 Å². The Balaban J connectivity index is 2.74. The van der Waals surface area contributed by atoms with Gasteiger partial charge in [-0.25, -0.2) is 4.68 Å². The predicted molar refractivity (Wildman–Crippen MR) is 70.3 cm³/mol. The van der Waals surface area contributed by atoms with Crippen LogP contribution in [0.1, 0.15) is 22.5 Å². The predicted octanol–water partition coefficient (Wildman–Crippen LogP) is 1.89. The maximum Gasteiger partial charge on any atom is 0.172 e. The summed E-state index contributed by atoms with van der Waals surface area (Å²) >= 11 is 0. The van der Waals surface area contributed by atoms with Gasteiger partial charge in [0.15, 0.2) is 5.84 Å². The van der Waals surface area contributed by atoms with Crippen LogP contribution in [0.2, 0.25) is 0 Å². The van der Waals surface area contributed by atoms with Crippen LogP contribution in [0.15, 0.2) is 29.4 Å². The second-order valence-electron chi connectivity index (χ2n) is 4.30. The van der Waals surface area contributed by atoms with Crippen LogP contribution in [0, 0.1) is 20.8 Å². The average molecular weight is 244 g/mol. The fourth-order valence-electron chi connectivity index (χ4n) is 2.06. The van der Waals surface area contributed by atoms with E-state index >= 15 is 0 Å². The Labute approximate surface area is 106 Å². The van der Waals surface area contributed by atoms with Crippen molar-refractivity contribution in [2.24, 2.45) is 10.9 Å². The molecule has 1 aromatic heterocycles. The molecule has 3 N–H and O–H groups in total. The molecule has 2 rings (SSSR count). The van der Waals surface area contributed by atoms with Gasteiger partial charge in [-0.2, -0.15) is 5.10 Å². The Hall–Kier alpha value is -2.30. The molecular weight excluding hydrogens is 228 g/mol. The number of para-hydroxylation sites is 1. The molecule has 0 saturated carbocycles. The van der Waals surface area contributed by atoms with Crippen molar-refractivity contribution in [3.8, 4) is 5.69 Å². The van der Waals surface area contributed by atoms with E-state index in [9.17, 15) is 0 Å². The van der Waals surface area contributed by atoms with Crippen LogP contribution in [0.25, 0.3) is 5.69 Å². The minimum atomic E-state index is 0.0845. The lowest BCUT2D eigenvalue weighted by atomic mass is 10.1. The summed E-state index contributed by atoms with van der Waals surface area (Å²) in [6, 6.07) is 7.65. The van der Waals surface area contributed by atoms with Crippen LogP contribution < -0.4 is 5.73 Å². The van der Waals surface area contributed by atoms with E-state index in [0.29, 0.717) is 5.56 Å². The van der Waals surface area contributed by atoms with Gasteiger partial charge in [-0.1, -0.05) is 17.3 Å². The molecule has 1 heterocycles. The number of amidine groups is 1. The van der Waals surface area contributed by atoms with Crippen LogP contribution in [0.5, 0.6) is 0 Å². The standard InChI is InChI=1S/C13H16N4O/c1-8-5-4-6-11(13(14)16-18)12(8)17-10(3)7-9(2)15-17/h4-7,18H,1-3H3,(H2,14,16). The van der Waals surface area contributed by atoms with Gasteiger partial charge in [-0.05, 0) is 38.5 Å². The quantitative estimate of drug-likeness (QED) is 0.366. The van der Waals surface area contributed by atoms with E-state index in [1.54, 1.807) is 0 Å². The first-order valence-electron chi connectivity index (χ1n) is 5.65. The lowest BCUT2D eigenvalue weighted by Gasteiger charge is -2.13. The highest BCUT2D eigenvalue weighted by molar-refractivity contribution is 6.00. The van der Waals surface area contributed by atoms with Gasteiger partial charge in [0.1, 0.15) is 0 Å². The van der Waals surface area contributed by atoms with E-state index in [-0.39, 0.29) is 5.84 Å². The highest BCUT2D eigenvalue weighted by Crippen LogP contribution is 2.21. The highest BCUT2D eigenvalue weighted by Gasteiger charge is 2.14. The van der Waals surface area contributed by atoms with Crippen molar-refractivity contribution in [2.75, 3.05) is 0 Å². The summed E-state index contributed by atoms with van der Waals surface area (Å²) < 4.78 is 1.82. The third kappa shape index (κ3) is 1.95. The first-order valence-corrected chi connectivity index (χ1v) is 5.65. The zero-order valence-electron chi connectivity index (χ0n) is 10.7. The molecule has 94 valence electrons. The maximum absolute atomic E-state index is 8.86. The molecule has 0 aliphatic carbocycles. The Kier molecular flexibility index (Phi) is 3.06. The number of aryl methyl sites for hydroxylation is 3. The SMILES string of the molecule is Cc1cc(C)n(-c2c(C)cccc2/C(N)=N/O)n1. The largest absolute Gasteiger partial charge is 0.409 e. The van der Waals surface area contributed by atoms with Crippen LogP contribution in [-0.2, 0) is 0 Å². The van der Waals surface area contributed by atoms with Gasteiger partial charge in [-0.15, -0.1) is 0 Å². The number of hydrogen-bond acceptors (Lipinski definition) is 3. The van der Waals surface area contributed by atoms with Crippen molar-refractivity contribution < 1.29 is 5.21 Å². The summed E-state index contributed by atoms with van der Waals surface area (Å²) in [4.78, 5) is 0. The summed E-state index contributed by atoms with van der Waals surface area (Å²) in [5.41, 5.74) is 10.2. The van der Waals surface area contributed by atoms with Crippen molar-refractivity contribution in [2.45, 2.75) is 20.8 Å². The molecule has 1 aromatic carbocycles. The molecule has 18 heavy (non-hydrogen) atoms. The fourth-order valence-corrected chi connectivity index (χ4v) is 2.06. The molecule has 0 amide bonds. The van der Waals surface area contributed by atoms with Crippen LogP contribution in [0.3, 0.4) is 0 Å². The van der Waals surface area contributed by atoms with Crippen molar-refractivity contribution in [1.82, 2.24) is 9.78 Å². The minimum Gasteiger partial charge on any atom is -0.409 e. The Bertz CT molecular complexity index is 613. The lowest BCUT2D eigenvalue weighted by Crippen LogP contribution is -2.18. The van der Waals surface area contributed by atoms with Gasteiger partial charge in [0.2, 0.25) is 0 Å². The summed E-state index contributed by atoms with van der Waals surface area (Å²) in [5.74, 6) is 0.0845. The zero-order valence-corrected chi connectivity index (χ0v) is 10.7.